The number of nitrogens with one attached hydrogen (secondary N) is 2. The molecule has 116 valence electrons. The Morgan fingerprint density at radius 1 is 1.33 bits per heavy atom. The molecule has 0 spiro atoms. The highest BCUT2D eigenvalue weighted by Gasteiger charge is 2.35. The molecule has 0 aliphatic rings. The van der Waals surface area contributed by atoms with Crippen molar-refractivity contribution in [2.75, 3.05) is 11.9 Å². The van der Waals surface area contributed by atoms with Crippen molar-refractivity contribution in [3.05, 3.63) is 29.0 Å². The predicted octanol–water partition coefficient (Wildman–Crippen LogP) is 3.49. The smallest absolute Gasteiger partial charge is 0.319 e. The van der Waals surface area contributed by atoms with Gasteiger partial charge >= 0.3 is 12.0 Å². The number of amides is 2. The van der Waals surface area contributed by atoms with Crippen molar-refractivity contribution in [2.24, 2.45) is 5.41 Å². The van der Waals surface area contributed by atoms with E-state index in [2.05, 4.69) is 10.6 Å². The van der Waals surface area contributed by atoms with Crippen LogP contribution in [-0.2, 0) is 4.79 Å². The number of rotatable bonds is 6. The molecule has 0 aliphatic heterocycles. The fraction of sp³-hybridized carbons (Fsp3) is 0.429. The van der Waals surface area contributed by atoms with Crippen molar-refractivity contribution in [1.29, 1.82) is 0 Å². The number of hydrogen-bond donors (Lipinski definition) is 3. The van der Waals surface area contributed by atoms with Gasteiger partial charge in [-0.3, -0.25) is 4.79 Å². The van der Waals surface area contributed by atoms with Crippen LogP contribution in [0.5, 0.6) is 0 Å². The lowest BCUT2D eigenvalue weighted by Crippen LogP contribution is -2.43. The summed E-state index contributed by atoms with van der Waals surface area (Å²) in [7, 11) is 0. The van der Waals surface area contributed by atoms with Gasteiger partial charge in [-0.1, -0.05) is 25.4 Å². The normalized spacial score (nSPS) is 11.0. The van der Waals surface area contributed by atoms with E-state index in [-0.39, 0.29) is 17.3 Å². The number of aliphatic carboxylic acids is 1. The van der Waals surface area contributed by atoms with Gasteiger partial charge in [0.2, 0.25) is 0 Å². The van der Waals surface area contributed by atoms with Crippen LogP contribution in [0, 0.1) is 11.2 Å². The summed E-state index contributed by atoms with van der Waals surface area (Å²) < 4.78 is 13.5. The minimum absolute atomic E-state index is 0.0383. The van der Waals surface area contributed by atoms with Crippen molar-refractivity contribution in [1.82, 2.24) is 5.32 Å². The zero-order chi connectivity index (χ0) is 16.0. The molecule has 0 aliphatic carbocycles. The van der Waals surface area contributed by atoms with Gasteiger partial charge in [0.25, 0.3) is 0 Å². The zero-order valence-electron chi connectivity index (χ0n) is 11.9. The van der Waals surface area contributed by atoms with Gasteiger partial charge in [0.1, 0.15) is 5.82 Å². The van der Waals surface area contributed by atoms with Gasteiger partial charge in [-0.2, -0.15) is 0 Å². The van der Waals surface area contributed by atoms with E-state index in [1.54, 1.807) is 13.8 Å². The number of carbonyl (C=O) groups is 2. The average molecular weight is 317 g/mol. The first-order valence-electron chi connectivity index (χ1n) is 6.58. The monoisotopic (exact) mass is 316 g/mol. The Bertz CT molecular complexity index is 533. The van der Waals surface area contributed by atoms with E-state index in [1.165, 1.54) is 12.1 Å². The topological polar surface area (TPSA) is 78.4 Å². The summed E-state index contributed by atoms with van der Waals surface area (Å²) >= 11 is 5.72. The van der Waals surface area contributed by atoms with Crippen molar-refractivity contribution < 1.29 is 19.1 Å². The van der Waals surface area contributed by atoms with Gasteiger partial charge in [0, 0.05) is 11.6 Å². The first-order chi connectivity index (χ1) is 9.84. The minimum Gasteiger partial charge on any atom is -0.481 e. The van der Waals surface area contributed by atoms with Crippen LogP contribution in [0.1, 0.15) is 26.7 Å². The zero-order valence-corrected chi connectivity index (χ0v) is 12.6. The van der Waals surface area contributed by atoms with Gasteiger partial charge in [0.05, 0.1) is 11.1 Å². The van der Waals surface area contributed by atoms with Crippen LogP contribution in [0.25, 0.3) is 0 Å². The van der Waals surface area contributed by atoms with E-state index in [4.69, 9.17) is 11.6 Å². The van der Waals surface area contributed by atoms with E-state index in [9.17, 15) is 19.1 Å². The third-order valence-electron chi connectivity index (χ3n) is 3.57. The largest absolute Gasteiger partial charge is 0.481 e. The van der Waals surface area contributed by atoms with Crippen LogP contribution in [-0.4, -0.2) is 23.7 Å². The molecule has 0 unspecified atom stereocenters. The van der Waals surface area contributed by atoms with Crippen molar-refractivity contribution >= 4 is 29.3 Å². The molecule has 0 aromatic heterocycles. The summed E-state index contributed by atoms with van der Waals surface area (Å²) in [5.41, 5.74) is -1.08. The van der Waals surface area contributed by atoms with Crippen LogP contribution in [0.2, 0.25) is 5.02 Å². The molecule has 0 saturated carbocycles. The molecule has 1 rings (SSSR count). The third-order valence-corrected chi connectivity index (χ3v) is 3.81. The highest BCUT2D eigenvalue weighted by Crippen LogP contribution is 2.26. The van der Waals surface area contributed by atoms with Crippen molar-refractivity contribution in [3.63, 3.8) is 0 Å². The highest BCUT2D eigenvalue weighted by molar-refractivity contribution is 6.30. The van der Waals surface area contributed by atoms with Gasteiger partial charge in [0.15, 0.2) is 0 Å². The van der Waals surface area contributed by atoms with Gasteiger partial charge in [-0.05, 0) is 31.0 Å². The Morgan fingerprint density at radius 3 is 2.48 bits per heavy atom. The molecule has 7 heteroatoms. The van der Waals surface area contributed by atoms with E-state index in [0.29, 0.717) is 12.8 Å². The summed E-state index contributed by atoms with van der Waals surface area (Å²) in [5.74, 6) is -1.59. The Balaban J connectivity index is 2.70. The fourth-order valence-corrected chi connectivity index (χ4v) is 2.06. The number of carboxylic acids is 1. The molecule has 2 amide bonds. The lowest BCUT2D eigenvalue weighted by atomic mass is 9.82. The molecule has 0 fully saturated rings. The Morgan fingerprint density at radius 2 is 1.95 bits per heavy atom. The molecule has 1 aromatic rings. The molecule has 0 saturated heterocycles. The number of benzene rings is 1. The quantitative estimate of drug-likeness (QED) is 0.751. The lowest BCUT2D eigenvalue weighted by molar-refractivity contribution is -0.149. The molecule has 3 N–H and O–H groups in total. The number of hydrogen-bond acceptors (Lipinski definition) is 2. The van der Waals surface area contributed by atoms with Gasteiger partial charge in [-0.15, -0.1) is 0 Å². The molecular formula is C14H18ClFN2O3. The second kappa shape index (κ2) is 7.26. The van der Waals surface area contributed by atoms with E-state index in [1.807, 2.05) is 0 Å². The van der Waals surface area contributed by atoms with Crippen LogP contribution < -0.4 is 10.6 Å². The molecule has 1 aromatic carbocycles. The summed E-state index contributed by atoms with van der Waals surface area (Å²) in [6.07, 6.45) is 0.759. The Hall–Kier alpha value is -1.82. The summed E-state index contributed by atoms with van der Waals surface area (Å²) in [6.45, 7) is 3.45. The maximum Gasteiger partial charge on any atom is 0.319 e. The number of carboxylic acid groups (broad SMARTS) is 1. The number of anilines is 1. The molecule has 5 nitrogen and oxygen atoms in total. The average Bonchev–Trinajstić information content (AvgIpc) is 2.44. The number of carbonyl (C=O) groups excluding carboxylic acids is 1. The van der Waals surface area contributed by atoms with Crippen molar-refractivity contribution in [3.8, 4) is 0 Å². The summed E-state index contributed by atoms with van der Waals surface area (Å²) in [4.78, 5) is 23.1. The van der Waals surface area contributed by atoms with E-state index >= 15 is 0 Å². The highest BCUT2D eigenvalue weighted by atomic mass is 35.5. The second-order valence-electron chi connectivity index (χ2n) is 4.72. The third kappa shape index (κ3) is 4.32. The van der Waals surface area contributed by atoms with E-state index < -0.39 is 23.2 Å². The van der Waals surface area contributed by atoms with Crippen LogP contribution >= 0.6 is 11.6 Å². The SMILES string of the molecule is CCC(CC)(CNC(=O)Nc1cc(Cl)ccc1F)C(=O)O. The van der Waals surface area contributed by atoms with Crippen LogP contribution in [0.15, 0.2) is 18.2 Å². The lowest BCUT2D eigenvalue weighted by Gasteiger charge is -2.26. The molecule has 21 heavy (non-hydrogen) atoms. The van der Waals surface area contributed by atoms with Crippen molar-refractivity contribution in [2.45, 2.75) is 26.7 Å². The first kappa shape index (κ1) is 17.2. The minimum atomic E-state index is -1.02. The van der Waals surface area contributed by atoms with Crippen LogP contribution in [0.3, 0.4) is 0 Å². The van der Waals surface area contributed by atoms with E-state index in [0.717, 1.165) is 6.07 Å². The standard InChI is InChI=1S/C14H18ClFN2O3/c1-3-14(4-2,12(19)20)8-17-13(21)18-11-7-9(15)5-6-10(11)16/h5-7H,3-4,8H2,1-2H3,(H,19,20)(H2,17,18,21). The fourth-order valence-electron chi connectivity index (χ4n) is 1.89. The Kier molecular flexibility index (Phi) is 5.96. The number of urea groups is 1. The number of halogens is 2. The van der Waals surface area contributed by atoms with Gasteiger partial charge < -0.3 is 15.7 Å². The maximum absolute atomic E-state index is 13.5. The molecular weight excluding hydrogens is 299 g/mol. The van der Waals surface area contributed by atoms with Crippen LogP contribution in [0.4, 0.5) is 14.9 Å². The summed E-state index contributed by atoms with van der Waals surface area (Å²) in [6, 6.07) is 3.10. The molecule has 0 atom stereocenters. The second-order valence-corrected chi connectivity index (χ2v) is 5.16. The predicted molar refractivity (Wildman–Crippen MR) is 79.1 cm³/mol. The first-order valence-corrected chi connectivity index (χ1v) is 6.95. The molecule has 0 radical (unpaired) electrons. The molecule has 0 heterocycles. The molecule has 0 bridgehead atoms. The maximum atomic E-state index is 13.5. The van der Waals surface area contributed by atoms with Gasteiger partial charge in [-0.25, -0.2) is 9.18 Å². The Labute approximate surface area is 127 Å². The summed E-state index contributed by atoms with van der Waals surface area (Å²) in [5, 5.41) is 14.3.